The van der Waals surface area contributed by atoms with Crippen LogP contribution in [0.25, 0.3) is 5.70 Å². The molecule has 1 aromatic heterocycles. The van der Waals surface area contributed by atoms with Gasteiger partial charge in [0.15, 0.2) is 0 Å². The highest BCUT2D eigenvalue weighted by atomic mass is 32.1. The maximum absolute atomic E-state index is 12.3. The molecule has 9 nitrogen and oxygen atoms in total. The normalized spacial score (nSPS) is 16.1. The summed E-state index contributed by atoms with van der Waals surface area (Å²) in [4.78, 5) is 24.4. The minimum absolute atomic E-state index is 0.0383. The standard InChI is InChI=1S/C17H19BN4O5S/c19-12(13-5-2-6-28-13)8-22(20)9-15(23)21-14-7-10-3-1-4-11(17(24)25)16(10)27-18(14)26/h1-6,8,14,26H,7,9,19-20H2,(H,21,23)(H,24,25)/b12-8-. The quantitative estimate of drug-likeness (QED) is 0.258. The molecule has 1 unspecified atom stereocenters. The van der Waals surface area contributed by atoms with Crippen LogP contribution in [-0.2, 0) is 11.2 Å². The van der Waals surface area contributed by atoms with Gasteiger partial charge in [-0.3, -0.25) is 4.79 Å². The first-order chi connectivity index (χ1) is 13.3. The fraction of sp³-hybridized carbons (Fsp3) is 0.176. The smallest absolute Gasteiger partial charge is 0.534 e. The zero-order valence-corrected chi connectivity index (χ0v) is 15.6. The van der Waals surface area contributed by atoms with Crippen LogP contribution < -0.4 is 21.5 Å². The van der Waals surface area contributed by atoms with Gasteiger partial charge in [-0.1, -0.05) is 18.2 Å². The lowest BCUT2D eigenvalue weighted by Gasteiger charge is -2.29. The predicted octanol–water partition coefficient (Wildman–Crippen LogP) is 0.0187. The average molecular weight is 402 g/mol. The number of carboxylic acid groups (broad SMARTS) is 1. The number of thiophene rings is 1. The first-order valence-corrected chi connectivity index (χ1v) is 9.25. The summed E-state index contributed by atoms with van der Waals surface area (Å²) in [5, 5.41) is 25.1. The molecule has 11 heteroatoms. The number of hydrazine groups is 1. The number of aromatic carboxylic acids is 1. The average Bonchev–Trinajstić information content (AvgIpc) is 3.16. The molecule has 0 saturated carbocycles. The lowest BCUT2D eigenvalue weighted by atomic mass is 9.72. The van der Waals surface area contributed by atoms with E-state index in [1.807, 2.05) is 17.5 Å². The van der Waals surface area contributed by atoms with Gasteiger partial charge in [-0.25, -0.2) is 10.6 Å². The van der Waals surface area contributed by atoms with Crippen LogP contribution in [0, 0.1) is 0 Å². The van der Waals surface area contributed by atoms with Gasteiger partial charge in [-0.2, -0.15) is 0 Å². The van der Waals surface area contributed by atoms with Crippen LogP contribution in [0.5, 0.6) is 5.75 Å². The lowest BCUT2D eigenvalue weighted by Crippen LogP contribution is -2.55. The van der Waals surface area contributed by atoms with E-state index in [-0.39, 0.29) is 24.3 Å². The number of rotatable bonds is 6. The third-order valence-corrected chi connectivity index (χ3v) is 5.05. The Labute approximate surface area is 165 Å². The Morgan fingerprint density at radius 3 is 2.86 bits per heavy atom. The topological polar surface area (TPSA) is 151 Å². The molecule has 7 N–H and O–H groups in total. The highest BCUT2D eigenvalue weighted by molar-refractivity contribution is 7.11. The molecule has 0 bridgehead atoms. The monoisotopic (exact) mass is 402 g/mol. The van der Waals surface area contributed by atoms with E-state index in [1.165, 1.54) is 23.6 Å². The maximum atomic E-state index is 12.3. The van der Waals surface area contributed by atoms with Crippen molar-refractivity contribution in [1.29, 1.82) is 0 Å². The Hall–Kier alpha value is -3.02. The van der Waals surface area contributed by atoms with E-state index in [0.717, 1.165) is 9.89 Å². The van der Waals surface area contributed by atoms with Gasteiger partial charge in [0, 0.05) is 6.20 Å². The first kappa shape index (κ1) is 19.7. The highest BCUT2D eigenvalue weighted by Crippen LogP contribution is 2.30. The van der Waals surface area contributed by atoms with E-state index in [9.17, 15) is 19.7 Å². The van der Waals surface area contributed by atoms with E-state index in [0.29, 0.717) is 11.3 Å². The number of nitrogens with one attached hydrogen (secondary N) is 1. The molecular formula is C17H19BN4O5S. The van der Waals surface area contributed by atoms with Gasteiger partial charge in [0.05, 0.1) is 22.1 Å². The van der Waals surface area contributed by atoms with Crippen LogP contribution in [0.3, 0.4) is 0 Å². The van der Waals surface area contributed by atoms with Crippen molar-refractivity contribution < 1.29 is 24.4 Å². The van der Waals surface area contributed by atoms with Gasteiger partial charge in [0.25, 0.3) is 0 Å². The third kappa shape index (κ3) is 4.45. The van der Waals surface area contributed by atoms with Gasteiger partial charge < -0.3 is 30.8 Å². The van der Waals surface area contributed by atoms with Gasteiger partial charge in [-0.05, 0) is 29.5 Å². The SMILES string of the molecule is N/C(=C\N(N)CC(=O)NC1Cc2cccc(C(=O)O)c2OB1O)c1cccs1. The number of para-hydroxylation sites is 1. The molecule has 3 rings (SSSR count). The summed E-state index contributed by atoms with van der Waals surface area (Å²) in [6, 6.07) is 8.35. The zero-order valence-electron chi connectivity index (χ0n) is 14.7. The Bertz CT molecular complexity index is 905. The first-order valence-electron chi connectivity index (χ1n) is 8.37. The minimum atomic E-state index is -1.38. The van der Waals surface area contributed by atoms with Crippen LogP contribution in [-0.4, -0.2) is 46.6 Å². The number of carboxylic acids is 1. The number of nitrogens with two attached hydrogens (primary N) is 2. The molecule has 0 spiro atoms. The van der Waals surface area contributed by atoms with Crippen molar-refractivity contribution in [1.82, 2.24) is 10.3 Å². The zero-order chi connectivity index (χ0) is 20.3. The number of benzene rings is 1. The van der Waals surface area contributed by atoms with Crippen molar-refractivity contribution in [2.45, 2.75) is 12.4 Å². The summed E-state index contributed by atoms with van der Waals surface area (Å²) in [6.07, 6.45) is 1.68. The molecule has 0 aliphatic carbocycles. The molecule has 2 heterocycles. The summed E-state index contributed by atoms with van der Waals surface area (Å²) in [7, 11) is -1.38. The fourth-order valence-corrected chi connectivity index (χ4v) is 3.51. The summed E-state index contributed by atoms with van der Waals surface area (Å²) in [6.45, 7) is -0.183. The lowest BCUT2D eigenvalue weighted by molar-refractivity contribution is -0.122. The molecule has 1 aliphatic heterocycles. The van der Waals surface area contributed by atoms with Crippen LogP contribution in [0.2, 0.25) is 0 Å². The molecule has 1 amide bonds. The molecule has 1 atom stereocenters. The molecule has 2 aromatic rings. The number of fused-ring (bicyclic) bond motifs is 1. The van der Waals surface area contributed by atoms with Crippen molar-refractivity contribution in [3.63, 3.8) is 0 Å². The van der Waals surface area contributed by atoms with Crippen molar-refractivity contribution in [2.75, 3.05) is 6.54 Å². The summed E-state index contributed by atoms with van der Waals surface area (Å²) < 4.78 is 5.34. The largest absolute Gasteiger partial charge is 0.547 e. The van der Waals surface area contributed by atoms with Crippen molar-refractivity contribution in [3.05, 3.63) is 57.9 Å². The van der Waals surface area contributed by atoms with Crippen LogP contribution in [0.15, 0.2) is 41.9 Å². The molecule has 146 valence electrons. The molecule has 0 radical (unpaired) electrons. The maximum Gasteiger partial charge on any atom is 0.547 e. The van der Waals surface area contributed by atoms with Gasteiger partial charge in [0.1, 0.15) is 12.3 Å². The minimum Gasteiger partial charge on any atom is -0.534 e. The van der Waals surface area contributed by atoms with Gasteiger partial charge in [-0.15, -0.1) is 11.3 Å². The van der Waals surface area contributed by atoms with E-state index >= 15 is 0 Å². The van der Waals surface area contributed by atoms with E-state index in [1.54, 1.807) is 12.1 Å². The number of carbonyl (C=O) groups is 2. The third-order valence-electron chi connectivity index (χ3n) is 4.13. The Morgan fingerprint density at radius 2 is 2.18 bits per heavy atom. The molecule has 1 aromatic carbocycles. The molecule has 0 saturated heterocycles. The highest BCUT2D eigenvalue weighted by Gasteiger charge is 2.37. The predicted molar refractivity (Wildman–Crippen MR) is 105 cm³/mol. The molecular weight excluding hydrogens is 383 g/mol. The Morgan fingerprint density at radius 1 is 1.39 bits per heavy atom. The fourth-order valence-electron chi connectivity index (χ4n) is 2.87. The van der Waals surface area contributed by atoms with E-state index < -0.39 is 24.9 Å². The van der Waals surface area contributed by atoms with Crippen LogP contribution in [0.4, 0.5) is 0 Å². The van der Waals surface area contributed by atoms with E-state index in [2.05, 4.69) is 5.32 Å². The summed E-state index contributed by atoms with van der Waals surface area (Å²) in [5.41, 5.74) is 6.90. The molecule has 28 heavy (non-hydrogen) atoms. The van der Waals surface area contributed by atoms with E-state index in [4.69, 9.17) is 16.2 Å². The summed E-state index contributed by atoms with van der Waals surface area (Å²) >= 11 is 1.45. The Kier molecular flexibility index (Phi) is 5.88. The summed E-state index contributed by atoms with van der Waals surface area (Å²) in [5.74, 6) is 3.59. The number of hydrogen-bond acceptors (Lipinski definition) is 8. The second-order valence-corrected chi connectivity index (χ2v) is 7.17. The second kappa shape index (κ2) is 8.34. The van der Waals surface area contributed by atoms with Gasteiger partial charge in [0.2, 0.25) is 5.91 Å². The van der Waals surface area contributed by atoms with Crippen molar-refractivity contribution in [3.8, 4) is 5.75 Å². The second-order valence-electron chi connectivity index (χ2n) is 6.22. The van der Waals surface area contributed by atoms with Crippen molar-refractivity contribution in [2.24, 2.45) is 11.6 Å². The molecule has 1 aliphatic rings. The number of amides is 1. The Balaban J connectivity index is 1.62. The number of carbonyl (C=O) groups excluding carboxylic acids is 1. The van der Waals surface area contributed by atoms with Crippen LogP contribution >= 0.6 is 11.3 Å². The van der Waals surface area contributed by atoms with Crippen LogP contribution in [0.1, 0.15) is 20.8 Å². The molecule has 0 fully saturated rings. The van der Waals surface area contributed by atoms with Crippen molar-refractivity contribution >= 4 is 36.0 Å². The number of nitrogens with zero attached hydrogens (tertiary/aromatic N) is 1. The number of hydrogen-bond donors (Lipinski definition) is 5. The van der Waals surface area contributed by atoms with Gasteiger partial charge >= 0.3 is 13.1 Å².